The Hall–Kier alpha value is -2.31. The highest BCUT2D eigenvalue weighted by molar-refractivity contribution is 6.33. The Kier molecular flexibility index (Phi) is 6.19. The minimum atomic E-state index is -0.918. The molecule has 0 bridgehead atoms. The lowest BCUT2D eigenvalue weighted by Gasteiger charge is -2.36. The van der Waals surface area contributed by atoms with Gasteiger partial charge >= 0.3 is 5.97 Å². The molecule has 0 radical (unpaired) electrons. The normalized spacial score (nSPS) is 14.2. The second-order valence-electron chi connectivity index (χ2n) is 6.02. The van der Waals surface area contributed by atoms with Crippen LogP contribution in [0.1, 0.15) is 10.4 Å². The molecule has 27 heavy (non-hydrogen) atoms. The molecule has 1 heterocycles. The third-order valence-corrected chi connectivity index (χ3v) is 4.86. The van der Waals surface area contributed by atoms with Gasteiger partial charge in [-0.05, 0) is 30.3 Å². The molecular weight excluding hydrogens is 394 g/mol. The number of hydrogen-bond acceptors (Lipinski definition) is 4. The molecule has 1 aliphatic heterocycles. The number of carbonyl (C=O) groups is 2. The Bertz CT molecular complexity index is 855. The molecule has 3 rings (SSSR count). The molecule has 8 heteroatoms. The molecule has 0 N–H and O–H groups in total. The minimum absolute atomic E-state index is 0.213. The van der Waals surface area contributed by atoms with Crippen molar-refractivity contribution in [1.82, 2.24) is 4.90 Å². The number of rotatable bonds is 4. The monoisotopic (exact) mass is 410 g/mol. The molecule has 1 fully saturated rings. The van der Waals surface area contributed by atoms with E-state index in [0.717, 1.165) is 11.8 Å². The van der Waals surface area contributed by atoms with Gasteiger partial charge in [-0.15, -0.1) is 0 Å². The van der Waals surface area contributed by atoms with Crippen LogP contribution in [0.5, 0.6) is 0 Å². The van der Waals surface area contributed by atoms with Crippen LogP contribution in [-0.2, 0) is 9.53 Å². The molecule has 0 unspecified atom stereocenters. The quantitative estimate of drug-likeness (QED) is 0.721. The molecule has 0 atom stereocenters. The van der Waals surface area contributed by atoms with Crippen LogP contribution >= 0.6 is 23.2 Å². The van der Waals surface area contributed by atoms with Gasteiger partial charge in [-0.2, -0.15) is 0 Å². The molecule has 0 aliphatic carbocycles. The summed E-state index contributed by atoms with van der Waals surface area (Å²) in [6, 6.07) is 11.1. The van der Waals surface area contributed by atoms with Gasteiger partial charge in [0.1, 0.15) is 5.82 Å². The van der Waals surface area contributed by atoms with Gasteiger partial charge in [-0.1, -0.05) is 35.3 Å². The fourth-order valence-electron chi connectivity index (χ4n) is 2.86. The number of piperazine rings is 1. The van der Waals surface area contributed by atoms with Crippen molar-refractivity contribution in [2.75, 3.05) is 37.7 Å². The number of ether oxygens (including phenoxy) is 1. The predicted octanol–water partition coefficient (Wildman–Crippen LogP) is 3.64. The molecular formula is C19H17Cl2FN2O3. The van der Waals surface area contributed by atoms with Crippen molar-refractivity contribution in [3.8, 4) is 0 Å². The van der Waals surface area contributed by atoms with Gasteiger partial charge in [0.15, 0.2) is 6.61 Å². The van der Waals surface area contributed by atoms with Gasteiger partial charge in [-0.25, -0.2) is 9.18 Å². The Labute approximate surface area is 166 Å². The SMILES string of the molecule is O=C(OCC(=O)N1CCN(c2ccccc2Cl)CC1)c1cc(Cl)ccc1F. The average molecular weight is 411 g/mol. The highest BCUT2D eigenvalue weighted by Crippen LogP contribution is 2.26. The fourth-order valence-corrected chi connectivity index (χ4v) is 3.28. The van der Waals surface area contributed by atoms with Crippen LogP contribution in [0.25, 0.3) is 0 Å². The standard InChI is InChI=1S/C19H17Cl2FN2O3/c20-13-5-6-16(22)14(11-13)19(26)27-12-18(25)24-9-7-23(8-10-24)17-4-2-1-3-15(17)21/h1-6,11H,7-10,12H2. The highest BCUT2D eigenvalue weighted by atomic mass is 35.5. The van der Waals surface area contributed by atoms with Crippen molar-refractivity contribution in [2.45, 2.75) is 0 Å². The number of amides is 1. The van der Waals surface area contributed by atoms with Crippen LogP contribution in [0, 0.1) is 5.82 Å². The number of para-hydroxylation sites is 1. The van der Waals surface area contributed by atoms with Crippen LogP contribution < -0.4 is 4.90 Å². The maximum Gasteiger partial charge on any atom is 0.341 e. The summed E-state index contributed by atoms with van der Waals surface area (Å²) in [4.78, 5) is 27.9. The molecule has 0 spiro atoms. The van der Waals surface area contributed by atoms with Gasteiger partial charge in [-0.3, -0.25) is 4.79 Å². The Morgan fingerprint density at radius 1 is 1.04 bits per heavy atom. The number of carbonyl (C=O) groups excluding carboxylic acids is 2. The summed E-state index contributed by atoms with van der Waals surface area (Å²) >= 11 is 12.0. The number of esters is 1. The van der Waals surface area contributed by atoms with Crippen molar-refractivity contribution < 1.29 is 18.7 Å². The molecule has 2 aromatic rings. The smallest absolute Gasteiger partial charge is 0.341 e. The Morgan fingerprint density at radius 3 is 2.44 bits per heavy atom. The first-order chi connectivity index (χ1) is 13.0. The minimum Gasteiger partial charge on any atom is -0.452 e. The first kappa shape index (κ1) is 19.5. The molecule has 0 saturated carbocycles. The Morgan fingerprint density at radius 2 is 1.74 bits per heavy atom. The van der Waals surface area contributed by atoms with Crippen molar-refractivity contribution in [2.24, 2.45) is 0 Å². The van der Waals surface area contributed by atoms with E-state index >= 15 is 0 Å². The highest BCUT2D eigenvalue weighted by Gasteiger charge is 2.24. The molecule has 142 valence electrons. The third kappa shape index (κ3) is 4.70. The second kappa shape index (κ2) is 8.59. The van der Waals surface area contributed by atoms with E-state index in [0.29, 0.717) is 31.2 Å². The molecule has 1 saturated heterocycles. The first-order valence-corrected chi connectivity index (χ1v) is 9.10. The lowest BCUT2D eigenvalue weighted by molar-refractivity contribution is -0.134. The number of hydrogen-bond donors (Lipinski definition) is 0. The van der Waals surface area contributed by atoms with Crippen LogP contribution in [-0.4, -0.2) is 49.6 Å². The average Bonchev–Trinajstić information content (AvgIpc) is 2.68. The summed E-state index contributed by atoms with van der Waals surface area (Å²) in [5.74, 6) is -1.99. The Balaban J connectivity index is 1.52. The molecule has 2 aromatic carbocycles. The molecule has 1 aliphatic rings. The number of halogens is 3. The lowest BCUT2D eigenvalue weighted by Crippen LogP contribution is -2.50. The first-order valence-electron chi connectivity index (χ1n) is 8.35. The van der Waals surface area contributed by atoms with Crippen molar-refractivity contribution >= 4 is 40.8 Å². The van der Waals surface area contributed by atoms with Crippen molar-refractivity contribution in [1.29, 1.82) is 0 Å². The topological polar surface area (TPSA) is 49.9 Å². The fraction of sp³-hybridized carbons (Fsp3) is 0.263. The van der Waals surface area contributed by atoms with Gasteiger partial charge in [0.05, 0.1) is 16.3 Å². The summed E-state index contributed by atoms with van der Waals surface area (Å²) in [7, 11) is 0. The van der Waals surface area contributed by atoms with E-state index in [2.05, 4.69) is 4.90 Å². The maximum atomic E-state index is 13.7. The van der Waals surface area contributed by atoms with Crippen LogP contribution in [0.2, 0.25) is 10.0 Å². The summed E-state index contributed by atoms with van der Waals surface area (Å²) in [6.07, 6.45) is 0. The number of benzene rings is 2. The number of nitrogens with zero attached hydrogens (tertiary/aromatic N) is 2. The largest absolute Gasteiger partial charge is 0.452 e. The third-order valence-electron chi connectivity index (χ3n) is 4.30. The molecule has 1 amide bonds. The zero-order valence-corrected chi connectivity index (χ0v) is 15.8. The van der Waals surface area contributed by atoms with E-state index in [1.165, 1.54) is 12.1 Å². The maximum absolute atomic E-state index is 13.7. The van der Waals surface area contributed by atoms with E-state index < -0.39 is 18.4 Å². The van der Waals surface area contributed by atoms with E-state index in [-0.39, 0.29) is 16.5 Å². The summed E-state index contributed by atoms with van der Waals surface area (Å²) in [5.41, 5.74) is 0.632. The van der Waals surface area contributed by atoms with E-state index in [9.17, 15) is 14.0 Å². The number of anilines is 1. The summed E-state index contributed by atoms with van der Waals surface area (Å²) in [6.45, 7) is 1.75. The zero-order chi connectivity index (χ0) is 19.4. The van der Waals surface area contributed by atoms with Gasteiger partial charge in [0, 0.05) is 31.2 Å². The van der Waals surface area contributed by atoms with Crippen LogP contribution in [0.4, 0.5) is 10.1 Å². The van der Waals surface area contributed by atoms with Crippen molar-refractivity contribution in [3.05, 3.63) is 63.9 Å². The van der Waals surface area contributed by atoms with Gasteiger partial charge in [0.25, 0.3) is 5.91 Å². The van der Waals surface area contributed by atoms with Gasteiger partial charge < -0.3 is 14.5 Å². The van der Waals surface area contributed by atoms with Crippen LogP contribution in [0.15, 0.2) is 42.5 Å². The van der Waals surface area contributed by atoms with Gasteiger partial charge in [0.2, 0.25) is 0 Å². The second-order valence-corrected chi connectivity index (χ2v) is 6.86. The summed E-state index contributed by atoms with van der Waals surface area (Å²) < 4.78 is 18.6. The van der Waals surface area contributed by atoms with E-state index in [1.807, 2.05) is 24.3 Å². The van der Waals surface area contributed by atoms with Crippen molar-refractivity contribution in [3.63, 3.8) is 0 Å². The molecule has 0 aromatic heterocycles. The summed E-state index contributed by atoms with van der Waals surface area (Å²) in [5, 5.41) is 0.875. The van der Waals surface area contributed by atoms with E-state index in [1.54, 1.807) is 4.90 Å². The lowest BCUT2D eigenvalue weighted by atomic mass is 10.2. The zero-order valence-electron chi connectivity index (χ0n) is 14.3. The van der Waals surface area contributed by atoms with E-state index in [4.69, 9.17) is 27.9 Å². The van der Waals surface area contributed by atoms with Crippen LogP contribution in [0.3, 0.4) is 0 Å². The predicted molar refractivity (Wildman–Crippen MR) is 102 cm³/mol. The molecule has 5 nitrogen and oxygen atoms in total.